The largest absolute Gasteiger partial charge is 0.356 e. The monoisotopic (exact) mass is 551 g/mol. The number of hydrogen-bond donors (Lipinski definition) is 1. The summed E-state index contributed by atoms with van der Waals surface area (Å²) in [6.07, 6.45) is 11.4. The highest BCUT2D eigenvalue weighted by molar-refractivity contribution is 6.13. The van der Waals surface area contributed by atoms with Crippen LogP contribution in [0.1, 0.15) is 51.4 Å². The standard InChI is InChI=1S/C33H41N7O/c41-33(40-29-13-5-3-11-27(29)28-12-4-6-14-30(28)40)38-22-16-26(17-23-38)39-21-9-10-25(24-39)35-32-34-18-15-31(36-32)37-19-7-1-2-8-20-37/h3-6,11-15,18,25-26H,1-2,7-10,16-17,19-24H2,(H,34,35,36). The lowest BCUT2D eigenvalue weighted by molar-refractivity contribution is 0.0975. The van der Waals surface area contributed by atoms with Gasteiger partial charge in [0, 0.05) is 61.8 Å². The SMILES string of the molecule is O=C(N1CCC(N2CCCC(Nc3nccc(N4CCCCCC4)n3)C2)CC1)n1c2ccccc2c2ccccc21. The highest BCUT2D eigenvalue weighted by atomic mass is 16.2. The summed E-state index contributed by atoms with van der Waals surface area (Å²) < 4.78 is 1.92. The van der Waals surface area contributed by atoms with Crippen molar-refractivity contribution < 1.29 is 4.79 Å². The highest BCUT2D eigenvalue weighted by Gasteiger charge is 2.31. The van der Waals surface area contributed by atoms with Crippen LogP contribution < -0.4 is 10.2 Å². The Morgan fingerprint density at radius 2 is 1.44 bits per heavy atom. The number of para-hydroxylation sites is 2. The smallest absolute Gasteiger partial charge is 0.329 e. The van der Waals surface area contributed by atoms with Crippen LogP contribution in [0, 0.1) is 0 Å². The van der Waals surface area contributed by atoms with Crippen molar-refractivity contribution in [2.75, 3.05) is 49.5 Å². The molecule has 0 saturated carbocycles. The third kappa shape index (κ3) is 5.37. The van der Waals surface area contributed by atoms with E-state index >= 15 is 0 Å². The normalized spacial score (nSPS) is 21.3. The second-order valence-electron chi connectivity index (χ2n) is 12.0. The van der Waals surface area contributed by atoms with Crippen molar-refractivity contribution in [3.8, 4) is 0 Å². The Hall–Kier alpha value is -3.65. The maximum absolute atomic E-state index is 13.8. The number of hydrogen-bond acceptors (Lipinski definition) is 6. The summed E-state index contributed by atoms with van der Waals surface area (Å²) in [7, 11) is 0. The molecule has 1 amide bonds. The number of anilines is 2. The van der Waals surface area contributed by atoms with E-state index in [-0.39, 0.29) is 6.03 Å². The number of carbonyl (C=O) groups is 1. The molecule has 2 aromatic heterocycles. The zero-order chi connectivity index (χ0) is 27.6. The maximum Gasteiger partial charge on any atom is 0.329 e. The van der Waals surface area contributed by atoms with Crippen molar-refractivity contribution in [1.29, 1.82) is 0 Å². The molecule has 1 atom stereocenters. The molecule has 7 rings (SSSR count). The van der Waals surface area contributed by atoms with Gasteiger partial charge in [-0.05, 0) is 63.3 Å². The van der Waals surface area contributed by atoms with Gasteiger partial charge in [0.2, 0.25) is 5.95 Å². The summed E-state index contributed by atoms with van der Waals surface area (Å²) >= 11 is 0. The molecular formula is C33H41N7O. The van der Waals surface area contributed by atoms with Crippen LogP contribution in [0.2, 0.25) is 0 Å². The number of aromatic nitrogens is 3. The van der Waals surface area contributed by atoms with Crippen molar-refractivity contribution in [3.63, 3.8) is 0 Å². The molecule has 5 heterocycles. The van der Waals surface area contributed by atoms with Crippen LogP contribution >= 0.6 is 0 Å². The van der Waals surface area contributed by atoms with E-state index in [2.05, 4.69) is 67.5 Å². The van der Waals surface area contributed by atoms with E-state index in [1.54, 1.807) is 0 Å². The summed E-state index contributed by atoms with van der Waals surface area (Å²) in [6.45, 7) is 5.89. The number of rotatable bonds is 4. The minimum absolute atomic E-state index is 0.0977. The van der Waals surface area contributed by atoms with E-state index in [9.17, 15) is 4.79 Å². The van der Waals surface area contributed by atoms with Gasteiger partial charge in [0.25, 0.3) is 0 Å². The number of carbonyl (C=O) groups excluding carboxylic acids is 1. The van der Waals surface area contributed by atoms with E-state index in [1.165, 1.54) is 32.1 Å². The van der Waals surface area contributed by atoms with Crippen LogP contribution in [0.4, 0.5) is 16.6 Å². The first-order valence-electron chi connectivity index (χ1n) is 15.6. The number of nitrogens with zero attached hydrogens (tertiary/aromatic N) is 6. The molecule has 4 aromatic rings. The molecule has 2 aromatic carbocycles. The molecule has 8 heteroatoms. The average Bonchev–Trinajstić information content (AvgIpc) is 3.15. The molecular weight excluding hydrogens is 510 g/mol. The van der Waals surface area contributed by atoms with E-state index in [1.807, 2.05) is 22.9 Å². The number of amides is 1. The third-order valence-corrected chi connectivity index (χ3v) is 9.38. The molecule has 41 heavy (non-hydrogen) atoms. The van der Waals surface area contributed by atoms with E-state index in [0.717, 1.165) is 92.1 Å². The predicted molar refractivity (Wildman–Crippen MR) is 166 cm³/mol. The van der Waals surface area contributed by atoms with Gasteiger partial charge in [-0.1, -0.05) is 49.2 Å². The van der Waals surface area contributed by atoms with Gasteiger partial charge in [-0.25, -0.2) is 9.78 Å². The van der Waals surface area contributed by atoms with Gasteiger partial charge in [0.05, 0.1) is 11.0 Å². The molecule has 3 aliphatic rings. The van der Waals surface area contributed by atoms with Crippen molar-refractivity contribution in [3.05, 3.63) is 60.8 Å². The van der Waals surface area contributed by atoms with Crippen LogP contribution in [0.15, 0.2) is 60.8 Å². The van der Waals surface area contributed by atoms with Gasteiger partial charge < -0.3 is 15.1 Å². The van der Waals surface area contributed by atoms with Crippen LogP contribution in [-0.2, 0) is 0 Å². The molecule has 0 aliphatic carbocycles. The Bertz CT molecular complexity index is 1450. The molecule has 0 spiro atoms. The van der Waals surface area contributed by atoms with Gasteiger partial charge in [0.15, 0.2) is 0 Å². The number of likely N-dealkylation sites (tertiary alicyclic amines) is 2. The lowest BCUT2D eigenvalue weighted by Gasteiger charge is -2.42. The Labute approximate surface area is 242 Å². The summed E-state index contributed by atoms with van der Waals surface area (Å²) in [6, 6.07) is 19.5. The number of nitrogens with one attached hydrogen (secondary N) is 1. The molecule has 1 unspecified atom stereocenters. The van der Waals surface area contributed by atoms with Gasteiger partial charge in [-0.3, -0.25) is 9.47 Å². The first kappa shape index (κ1) is 26.3. The summed E-state index contributed by atoms with van der Waals surface area (Å²) in [5, 5.41) is 5.94. The van der Waals surface area contributed by atoms with Crippen LogP contribution in [0.3, 0.4) is 0 Å². The Kier molecular flexibility index (Phi) is 7.48. The molecule has 214 valence electrons. The van der Waals surface area contributed by atoms with E-state index in [0.29, 0.717) is 12.1 Å². The minimum atomic E-state index is 0.0977. The Balaban J connectivity index is 0.984. The topological polar surface area (TPSA) is 69.5 Å². The second-order valence-corrected chi connectivity index (χ2v) is 12.0. The first-order chi connectivity index (χ1) is 20.2. The van der Waals surface area contributed by atoms with Crippen molar-refractivity contribution in [2.45, 2.75) is 63.5 Å². The van der Waals surface area contributed by atoms with Crippen LogP contribution in [0.25, 0.3) is 21.8 Å². The van der Waals surface area contributed by atoms with Crippen LogP contribution in [-0.4, -0.2) is 81.7 Å². The van der Waals surface area contributed by atoms with E-state index < -0.39 is 0 Å². The van der Waals surface area contributed by atoms with Crippen molar-refractivity contribution >= 4 is 39.6 Å². The van der Waals surface area contributed by atoms with Gasteiger partial charge >= 0.3 is 6.03 Å². The van der Waals surface area contributed by atoms with Gasteiger partial charge in [-0.15, -0.1) is 0 Å². The molecule has 3 saturated heterocycles. The summed E-state index contributed by atoms with van der Waals surface area (Å²) in [4.78, 5) is 30.4. The quantitative estimate of drug-likeness (QED) is 0.337. The Morgan fingerprint density at radius 3 is 2.15 bits per heavy atom. The third-order valence-electron chi connectivity index (χ3n) is 9.38. The van der Waals surface area contributed by atoms with E-state index in [4.69, 9.17) is 4.98 Å². The first-order valence-corrected chi connectivity index (χ1v) is 15.6. The lowest BCUT2D eigenvalue weighted by atomic mass is 9.98. The maximum atomic E-state index is 13.8. The van der Waals surface area contributed by atoms with Gasteiger partial charge in [-0.2, -0.15) is 4.98 Å². The molecule has 8 nitrogen and oxygen atoms in total. The predicted octanol–water partition coefficient (Wildman–Crippen LogP) is 5.97. The van der Waals surface area contributed by atoms with Gasteiger partial charge in [0.1, 0.15) is 5.82 Å². The lowest BCUT2D eigenvalue weighted by Crippen LogP contribution is -2.52. The second kappa shape index (κ2) is 11.7. The minimum Gasteiger partial charge on any atom is -0.356 e. The fraction of sp³-hybridized carbons (Fsp3) is 0.485. The molecule has 3 aliphatic heterocycles. The van der Waals surface area contributed by atoms with Crippen molar-refractivity contribution in [2.24, 2.45) is 0 Å². The molecule has 3 fully saturated rings. The fourth-order valence-electron chi connectivity index (χ4n) is 7.23. The molecule has 1 N–H and O–H groups in total. The number of piperidine rings is 2. The molecule has 0 bridgehead atoms. The average molecular weight is 552 g/mol. The zero-order valence-electron chi connectivity index (χ0n) is 23.9. The number of fused-ring (bicyclic) bond motifs is 3. The molecule has 0 radical (unpaired) electrons. The highest BCUT2D eigenvalue weighted by Crippen LogP contribution is 2.30. The number of benzene rings is 2. The zero-order valence-corrected chi connectivity index (χ0v) is 23.9. The Morgan fingerprint density at radius 1 is 0.756 bits per heavy atom. The fourth-order valence-corrected chi connectivity index (χ4v) is 7.23. The van der Waals surface area contributed by atoms with Crippen LogP contribution in [0.5, 0.6) is 0 Å². The summed E-state index contributed by atoms with van der Waals surface area (Å²) in [5.41, 5.74) is 1.99. The summed E-state index contributed by atoms with van der Waals surface area (Å²) in [5.74, 6) is 1.81. The van der Waals surface area contributed by atoms with Crippen molar-refractivity contribution in [1.82, 2.24) is 24.3 Å².